The molecule has 1 aromatic carbocycles. The highest BCUT2D eigenvalue weighted by molar-refractivity contribution is 5.89. The minimum absolute atomic E-state index is 0.243. The molecule has 0 fully saturated rings. The topological polar surface area (TPSA) is 106 Å². The summed E-state index contributed by atoms with van der Waals surface area (Å²) in [7, 11) is 1.80. The van der Waals surface area contributed by atoms with Crippen LogP contribution in [0.5, 0.6) is 0 Å². The zero-order chi connectivity index (χ0) is 13.6. The molecule has 0 saturated carbocycles. The van der Waals surface area contributed by atoms with Gasteiger partial charge in [0.1, 0.15) is 5.70 Å². The van der Waals surface area contributed by atoms with Gasteiger partial charge in [0, 0.05) is 12.6 Å². The number of hydrogen-bond donors (Lipinski definition) is 4. The second-order valence-corrected chi connectivity index (χ2v) is 4.14. The van der Waals surface area contributed by atoms with Crippen molar-refractivity contribution in [3.63, 3.8) is 0 Å². The summed E-state index contributed by atoms with van der Waals surface area (Å²) in [6.07, 6.45) is 0. The standard InChI is InChI=1S/C11H12N6O2/c1-16-15-8(9-13-14-11(12)17(9)16)6-2-4-7(5-3-6)10(18)19/h2-5,13,15H,1H3,(H2,12,14)(H,18,19). The van der Waals surface area contributed by atoms with Gasteiger partial charge in [-0.25, -0.2) is 9.80 Å². The maximum Gasteiger partial charge on any atom is 0.335 e. The number of hydrazine groups is 2. The number of hydrazone groups is 1. The maximum atomic E-state index is 10.8. The molecule has 2 aliphatic rings. The van der Waals surface area contributed by atoms with E-state index in [1.807, 2.05) is 0 Å². The average Bonchev–Trinajstić information content (AvgIpc) is 2.92. The molecule has 0 atom stereocenters. The number of nitrogens with zero attached hydrogens (tertiary/aromatic N) is 3. The minimum atomic E-state index is -0.950. The van der Waals surface area contributed by atoms with E-state index in [1.54, 1.807) is 41.4 Å². The highest BCUT2D eigenvalue weighted by atomic mass is 16.4. The molecule has 0 aliphatic carbocycles. The van der Waals surface area contributed by atoms with E-state index in [9.17, 15) is 4.79 Å². The summed E-state index contributed by atoms with van der Waals surface area (Å²) in [5.74, 6) is 0.0964. The van der Waals surface area contributed by atoms with Gasteiger partial charge in [0.25, 0.3) is 0 Å². The summed E-state index contributed by atoms with van der Waals surface area (Å²) < 4.78 is 0. The summed E-state index contributed by atoms with van der Waals surface area (Å²) in [5.41, 5.74) is 13.6. The van der Waals surface area contributed by atoms with Crippen molar-refractivity contribution < 1.29 is 9.90 Å². The highest BCUT2D eigenvalue weighted by Crippen LogP contribution is 2.26. The molecular formula is C11H12N6O2. The van der Waals surface area contributed by atoms with Crippen LogP contribution in [0.2, 0.25) is 0 Å². The van der Waals surface area contributed by atoms with Crippen LogP contribution in [0.15, 0.2) is 35.2 Å². The fraction of sp³-hybridized carbons (Fsp3) is 0.0909. The van der Waals surface area contributed by atoms with Crippen LogP contribution < -0.4 is 16.6 Å². The molecule has 0 aromatic heterocycles. The SMILES string of the molecule is CN1NC(c2ccc(C(=O)O)cc2)=C2NN=C(N)N21. The molecule has 0 saturated heterocycles. The molecule has 8 heteroatoms. The van der Waals surface area contributed by atoms with Crippen molar-refractivity contribution in [2.24, 2.45) is 10.8 Å². The van der Waals surface area contributed by atoms with E-state index in [2.05, 4.69) is 16.0 Å². The van der Waals surface area contributed by atoms with Crippen LogP contribution in [0.1, 0.15) is 15.9 Å². The first-order chi connectivity index (χ1) is 9.08. The van der Waals surface area contributed by atoms with Gasteiger partial charge in [0.2, 0.25) is 5.96 Å². The molecular weight excluding hydrogens is 248 g/mol. The van der Waals surface area contributed by atoms with E-state index in [1.165, 1.54) is 0 Å². The van der Waals surface area contributed by atoms with Gasteiger partial charge in [0.05, 0.1) is 5.56 Å². The van der Waals surface area contributed by atoms with Gasteiger partial charge in [-0.3, -0.25) is 10.9 Å². The van der Waals surface area contributed by atoms with Crippen molar-refractivity contribution in [1.82, 2.24) is 21.0 Å². The Morgan fingerprint density at radius 3 is 2.68 bits per heavy atom. The number of rotatable bonds is 2. The number of fused-ring (bicyclic) bond motifs is 1. The summed E-state index contributed by atoms with van der Waals surface area (Å²) in [5, 5.41) is 16.2. The molecule has 0 spiro atoms. The minimum Gasteiger partial charge on any atom is -0.478 e. The van der Waals surface area contributed by atoms with E-state index in [4.69, 9.17) is 10.8 Å². The fourth-order valence-corrected chi connectivity index (χ4v) is 2.03. The van der Waals surface area contributed by atoms with Gasteiger partial charge >= 0.3 is 5.97 Å². The Bertz CT molecular complexity index is 606. The number of hydrogen-bond acceptors (Lipinski definition) is 7. The lowest BCUT2D eigenvalue weighted by molar-refractivity contribution is 0.0697. The Balaban J connectivity index is 1.97. The van der Waals surface area contributed by atoms with E-state index in [-0.39, 0.29) is 5.56 Å². The predicted octanol–water partition coefficient (Wildman–Crippen LogP) is -0.489. The zero-order valence-electron chi connectivity index (χ0n) is 10.1. The first kappa shape index (κ1) is 11.4. The Kier molecular flexibility index (Phi) is 2.32. The number of carbonyl (C=O) groups is 1. The highest BCUT2D eigenvalue weighted by Gasteiger charge is 2.34. The van der Waals surface area contributed by atoms with E-state index in [0.29, 0.717) is 11.8 Å². The summed E-state index contributed by atoms with van der Waals surface area (Å²) in [6.45, 7) is 0. The molecule has 8 nitrogen and oxygen atoms in total. The van der Waals surface area contributed by atoms with E-state index >= 15 is 0 Å². The molecule has 0 amide bonds. The average molecular weight is 260 g/mol. The van der Waals surface area contributed by atoms with Crippen LogP contribution in [-0.4, -0.2) is 34.2 Å². The van der Waals surface area contributed by atoms with Crippen LogP contribution in [0.25, 0.3) is 5.70 Å². The van der Waals surface area contributed by atoms with Crippen LogP contribution in [0, 0.1) is 0 Å². The van der Waals surface area contributed by atoms with Crippen LogP contribution >= 0.6 is 0 Å². The summed E-state index contributed by atoms with van der Waals surface area (Å²) >= 11 is 0. The number of aromatic carboxylic acids is 1. The third kappa shape index (κ3) is 1.66. The normalized spacial score (nSPS) is 17.9. The van der Waals surface area contributed by atoms with Gasteiger partial charge in [-0.15, -0.1) is 10.2 Å². The Morgan fingerprint density at radius 1 is 1.37 bits per heavy atom. The molecule has 2 heterocycles. The largest absolute Gasteiger partial charge is 0.478 e. The van der Waals surface area contributed by atoms with Gasteiger partial charge < -0.3 is 10.8 Å². The molecule has 98 valence electrons. The molecule has 0 bridgehead atoms. The van der Waals surface area contributed by atoms with E-state index in [0.717, 1.165) is 11.3 Å². The lowest BCUT2D eigenvalue weighted by Gasteiger charge is -2.20. The van der Waals surface area contributed by atoms with Crippen molar-refractivity contribution in [1.29, 1.82) is 0 Å². The van der Waals surface area contributed by atoms with Crippen molar-refractivity contribution in [3.05, 3.63) is 41.2 Å². The molecule has 0 radical (unpaired) electrons. The first-order valence-electron chi connectivity index (χ1n) is 5.55. The van der Waals surface area contributed by atoms with Crippen molar-refractivity contribution in [3.8, 4) is 0 Å². The monoisotopic (exact) mass is 260 g/mol. The van der Waals surface area contributed by atoms with Crippen LogP contribution in [0.4, 0.5) is 0 Å². The number of carboxylic acids is 1. The molecule has 0 unspecified atom stereocenters. The molecule has 5 N–H and O–H groups in total. The third-order valence-corrected chi connectivity index (χ3v) is 2.94. The summed E-state index contributed by atoms with van der Waals surface area (Å²) in [6, 6.07) is 6.56. The number of nitrogens with one attached hydrogen (secondary N) is 2. The number of nitrogens with two attached hydrogens (primary N) is 1. The second kappa shape index (κ2) is 3.89. The molecule has 3 rings (SSSR count). The molecule has 1 aromatic rings. The number of carboxylic acid groups (broad SMARTS) is 1. The number of benzene rings is 1. The van der Waals surface area contributed by atoms with Gasteiger partial charge in [-0.1, -0.05) is 12.1 Å². The van der Waals surface area contributed by atoms with Gasteiger partial charge in [-0.05, 0) is 12.1 Å². The quantitative estimate of drug-likeness (QED) is 0.568. The van der Waals surface area contributed by atoms with Crippen molar-refractivity contribution in [2.75, 3.05) is 7.05 Å². The smallest absolute Gasteiger partial charge is 0.335 e. The fourth-order valence-electron chi connectivity index (χ4n) is 2.03. The Labute approximate surface area is 108 Å². The Morgan fingerprint density at radius 2 is 2.05 bits per heavy atom. The molecule has 2 aliphatic heterocycles. The molecule has 19 heavy (non-hydrogen) atoms. The zero-order valence-corrected chi connectivity index (χ0v) is 10.1. The Hall–Kier alpha value is -2.74. The lowest BCUT2D eigenvalue weighted by Crippen LogP contribution is -2.45. The maximum absolute atomic E-state index is 10.8. The first-order valence-corrected chi connectivity index (χ1v) is 5.55. The van der Waals surface area contributed by atoms with Crippen molar-refractivity contribution in [2.45, 2.75) is 0 Å². The predicted molar refractivity (Wildman–Crippen MR) is 67.8 cm³/mol. The second-order valence-electron chi connectivity index (χ2n) is 4.14. The van der Waals surface area contributed by atoms with Crippen LogP contribution in [0.3, 0.4) is 0 Å². The third-order valence-electron chi connectivity index (χ3n) is 2.94. The van der Waals surface area contributed by atoms with Gasteiger partial charge in [-0.2, -0.15) is 0 Å². The summed E-state index contributed by atoms with van der Waals surface area (Å²) in [4.78, 5) is 10.8. The van der Waals surface area contributed by atoms with Crippen LogP contribution in [-0.2, 0) is 0 Å². The number of guanidine groups is 1. The lowest BCUT2D eigenvalue weighted by atomic mass is 10.1. The van der Waals surface area contributed by atoms with E-state index < -0.39 is 5.97 Å². The van der Waals surface area contributed by atoms with Gasteiger partial charge in [0.15, 0.2) is 5.82 Å². The van der Waals surface area contributed by atoms with Crippen molar-refractivity contribution >= 4 is 17.6 Å².